The van der Waals surface area contributed by atoms with Crippen LogP contribution in [-0.4, -0.2) is 59.7 Å². The minimum atomic E-state index is -0.493. The van der Waals surface area contributed by atoms with Gasteiger partial charge < -0.3 is 23.8 Å². The van der Waals surface area contributed by atoms with Crippen LogP contribution in [0.3, 0.4) is 0 Å². The number of aliphatic hydroxyl groups excluding tert-OH is 1. The lowest BCUT2D eigenvalue weighted by Gasteiger charge is -2.35. The van der Waals surface area contributed by atoms with E-state index in [-0.39, 0.29) is 6.10 Å². The van der Waals surface area contributed by atoms with Crippen LogP contribution in [0, 0.1) is 18.8 Å². The van der Waals surface area contributed by atoms with Crippen molar-refractivity contribution in [1.29, 1.82) is 0 Å². The minimum Gasteiger partial charge on any atom is -0.493 e. The lowest BCUT2D eigenvalue weighted by molar-refractivity contribution is -0.0231. The topological polar surface area (TPSA) is 90.1 Å². The Morgan fingerprint density at radius 3 is 2.72 bits per heavy atom. The molecule has 0 unspecified atom stereocenters. The molecule has 0 radical (unpaired) electrons. The number of methoxy groups -OCH3 is 2. The van der Waals surface area contributed by atoms with Crippen LogP contribution in [0.4, 0.5) is 0 Å². The van der Waals surface area contributed by atoms with Crippen molar-refractivity contribution in [2.75, 3.05) is 27.3 Å². The van der Waals surface area contributed by atoms with Gasteiger partial charge in [0.2, 0.25) is 0 Å². The van der Waals surface area contributed by atoms with Crippen LogP contribution in [0.15, 0.2) is 35.0 Å². The van der Waals surface area contributed by atoms with Gasteiger partial charge in [-0.25, -0.2) is 0 Å². The fraction of sp³-hybridized carbons (Fsp3) is 0.500. The summed E-state index contributed by atoms with van der Waals surface area (Å²) in [5.41, 5.74) is 2.43. The van der Waals surface area contributed by atoms with Crippen molar-refractivity contribution in [3.63, 3.8) is 0 Å². The van der Waals surface area contributed by atoms with E-state index >= 15 is 0 Å². The van der Waals surface area contributed by atoms with E-state index in [9.17, 15) is 5.11 Å². The number of hydrogen-bond donors (Lipinski definition) is 1. The molecule has 1 N–H and O–H groups in total. The molecule has 170 valence electrons. The number of ether oxygens (including phenoxy) is 3. The summed E-state index contributed by atoms with van der Waals surface area (Å²) in [6, 6.07) is 7.55. The number of hydrogen-bond acceptors (Lipinski definition) is 8. The van der Waals surface area contributed by atoms with E-state index in [2.05, 4.69) is 15.0 Å². The Morgan fingerprint density at radius 2 is 1.94 bits per heavy atom. The van der Waals surface area contributed by atoms with E-state index in [1.165, 1.54) is 0 Å². The number of fused-ring (bicyclic) bond motifs is 2. The molecule has 32 heavy (non-hydrogen) atoms. The average molecular weight is 440 g/mol. The summed E-state index contributed by atoms with van der Waals surface area (Å²) in [5, 5.41) is 15.8. The molecule has 3 heterocycles. The molecular weight excluding hydrogens is 410 g/mol. The van der Waals surface area contributed by atoms with E-state index in [0.717, 1.165) is 42.7 Å². The highest BCUT2D eigenvalue weighted by Gasteiger charge is 2.43. The monoisotopic (exact) mass is 439 g/mol. The van der Waals surface area contributed by atoms with Gasteiger partial charge in [-0.3, -0.25) is 9.88 Å². The Bertz CT molecular complexity index is 1100. The molecule has 0 bridgehead atoms. The first-order valence-electron chi connectivity index (χ1n) is 11.0. The van der Waals surface area contributed by atoms with Gasteiger partial charge in [0.1, 0.15) is 17.5 Å². The average Bonchev–Trinajstić information content (AvgIpc) is 3.35. The Balaban J connectivity index is 1.25. The zero-order valence-corrected chi connectivity index (χ0v) is 18.7. The summed E-state index contributed by atoms with van der Waals surface area (Å²) in [5.74, 6) is 2.99. The molecule has 8 heteroatoms. The molecule has 2 fully saturated rings. The highest BCUT2D eigenvalue weighted by atomic mass is 16.5. The number of nitrogens with zero attached hydrogens (tertiary/aromatic N) is 3. The second-order valence-corrected chi connectivity index (χ2v) is 8.83. The summed E-state index contributed by atoms with van der Waals surface area (Å²) in [7, 11) is 3.28. The summed E-state index contributed by atoms with van der Waals surface area (Å²) in [6.45, 7) is 4.48. The first-order chi connectivity index (χ1) is 15.6. The summed E-state index contributed by atoms with van der Waals surface area (Å²) >= 11 is 0. The number of aliphatic hydroxyl groups is 1. The Morgan fingerprint density at radius 1 is 1.12 bits per heavy atom. The Kier molecular flexibility index (Phi) is 5.65. The Hall–Kier alpha value is -2.84. The van der Waals surface area contributed by atoms with Gasteiger partial charge in [0.05, 0.1) is 26.0 Å². The number of aryl methyl sites for hydroxylation is 1. The highest BCUT2D eigenvalue weighted by Crippen LogP contribution is 2.40. The molecule has 1 aliphatic heterocycles. The summed E-state index contributed by atoms with van der Waals surface area (Å²) < 4.78 is 22.5. The third kappa shape index (κ3) is 3.89. The highest BCUT2D eigenvalue weighted by molar-refractivity contribution is 5.80. The van der Waals surface area contributed by atoms with E-state index in [4.69, 9.17) is 18.7 Å². The predicted octanol–water partition coefficient (Wildman–Crippen LogP) is 3.20. The van der Waals surface area contributed by atoms with Gasteiger partial charge in [0.25, 0.3) is 0 Å². The number of rotatable bonds is 6. The summed E-state index contributed by atoms with van der Waals surface area (Å²) in [6.07, 6.45) is 2.58. The molecular formula is C24H29N3O5. The fourth-order valence-electron chi connectivity index (χ4n) is 5.21. The van der Waals surface area contributed by atoms with Gasteiger partial charge in [0.15, 0.2) is 17.1 Å². The normalized spacial score (nSPS) is 25.6. The van der Waals surface area contributed by atoms with Crippen LogP contribution in [-0.2, 0) is 6.54 Å². The van der Waals surface area contributed by atoms with Gasteiger partial charge in [0, 0.05) is 43.4 Å². The van der Waals surface area contributed by atoms with Gasteiger partial charge in [-0.2, -0.15) is 0 Å². The molecule has 1 aliphatic carbocycles. The van der Waals surface area contributed by atoms with Gasteiger partial charge in [-0.15, -0.1) is 0 Å². The third-order valence-corrected chi connectivity index (χ3v) is 6.81. The second kappa shape index (κ2) is 8.60. The quantitative estimate of drug-likeness (QED) is 0.626. The molecule has 8 nitrogen and oxygen atoms in total. The molecule has 4 atom stereocenters. The molecule has 1 saturated heterocycles. The third-order valence-electron chi connectivity index (χ3n) is 6.81. The van der Waals surface area contributed by atoms with Crippen molar-refractivity contribution in [2.45, 2.75) is 38.5 Å². The van der Waals surface area contributed by atoms with Crippen molar-refractivity contribution in [3.8, 4) is 17.2 Å². The van der Waals surface area contributed by atoms with E-state index < -0.39 is 6.10 Å². The van der Waals surface area contributed by atoms with Gasteiger partial charge in [-0.1, -0.05) is 5.16 Å². The SMILES string of the molecule is COc1ccnc(CN2C[C@H]3C[C@@H](Oc4ccc5c(C)noc5c4)[C@H](O)C[C@H]3C2)c1OC. The van der Waals surface area contributed by atoms with Crippen molar-refractivity contribution in [2.24, 2.45) is 11.8 Å². The molecule has 0 amide bonds. The molecule has 1 aromatic carbocycles. The van der Waals surface area contributed by atoms with E-state index in [1.807, 2.05) is 31.2 Å². The lowest BCUT2D eigenvalue weighted by atomic mass is 9.78. The van der Waals surface area contributed by atoms with Crippen LogP contribution in [0.5, 0.6) is 17.2 Å². The van der Waals surface area contributed by atoms with Crippen LogP contribution in [0.25, 0.3) is 11.0 Å². The fourth-order valence-corrected chi connectivity index (χ4v) is 5.21. The zero-order chi connectivity index (χ0) is 22.2. The first-order valence-corrected chi connectivity index (χ1v) is 11.0. The first kappa shape index (κ1) is 21.0. The van der Waals surface area contributed by atoms with Gasteiger partial charge >= 0.3 is 0 Å². The summed E-state index contributed by atoms with van der Waals surface area (Å²) in [4.78, 5) is 6.90. The second-order valence-electron chi connectivity index (χ2n) is 8.83. The number of likely N-dealkylation sites (tertiary alicyclic amines) is 1. The molecule has 1 saturated carbocycles. The van der Waals surface area contributed by atoms with Crippen LogP contribution >= 0.6 is 0 Å². The minimum absolute atomic E-state index is 0.234. The maximum absolute atomic E-state index is 10.8. The molecule has 0 spiro atoms. The smallest absolute Gasteiger partial charge is 0.183 e. The lowest BCUT2D eigenvalue weighted by Crippen LogP contribution is -2.42. The zero-order valence-electron chi connectivity index (χ0n) is 18.7. The van der Waals surface area contributed by atoms with Crippen molar-refractivity contribution >= 4 is 11.0 Å². The molecule has 2 aliphatic rings. The molecule has 5 rings (SSSR count). The number of benzene rings is 1. The van der Waals surface area contributed by atoms with E-state index in [0.29, 0.717) is 41.2 Å². The van der Waals surface area contributed by atoms with Crippen molar-refractivity contribution in [1.82, 2.24) is 15.0 Å². The number of aromatic nitrogens is 2. The Labute approximate surface area is 187 Å². The van der Waals surface area contributed by atoms with E-state index in [1.54, 1.807) is 20.4 Å². The van der Waals surface area contributed by atoms with Crippen molar-refractivity contribution in [3.05, 3.63) is 41.9 Å². The maximum atomic E-state index is 10.8. The predicted molar refractivity (Wildman–Crippen MR) is 118 cm³/mol. The molecule has 2 aromatic heterocycles. The number of pyridine rings is 1. The van der Waals surface area contributed by atoms with Crippen LogP contribution in [0.2, 0.25) is 0 Å². The maximum Gasteiger partial charge on any atom is 0.183 e. The largest absolute Gasteiger partial charge is 0.493 e. The van der Waals surface area contributed by atoms with Gasteiger partial charge in [-0.05, 0) is 43.7 Å². The van der Waals surface area contributed by atoms with Crippen LogP contribution < -0.4 is 14.2 Å². The standard InChI is InChI=1S/C24H29N3O5/c1-14-18-5-4-17(10-22(18)32-26-14)31-23-9-16-12-27(11-15(16)8-20(23)28)13-19-24(30-3)21(29-2)6-7-25-19/h4-7,10,15-16,20,23,28H,8-9,11-13H2,1-3H3/t15-,16+,20+,23+/m0/s1. The molecule has 3 aromatic rings. The van der Waals surface area contributed by atoms with Crippen LogP contribution in [0.1, 0.15) is 24.2 Å². The van der Waals surface area contributed by atoms with Crippen molar-refractivity contribution < 1.29 is 23.8 Å².